The van der Waals surface area contributed by atoms with Gasteiger partial charge in [0.15, 0.2) is 0 Å². The molecule has 0 spiro atoms. The van der Waals surface area contributed by atoms with Gasteiger partial charge in [-0.15, -0.1) is 0 Å². The average Bonchev–Trinajstić information content (AvgIpc) is 2.69. The van der Waals surface area contributed by atoms with Crippen LogP contribution in [0.4, 0.5) is 0 Å². The molecule has 2 fully saturated rings. The van der Waals surface area contributed by atoms with E-state index in [0.29, 0.717) is 0 Å². The predicted octanol–water partition coefficient (Wildman–Crippen LogP) is 1.52. The van der Waals surface area contributed by atoms with Gasteiger partial charge < -0.3 is 10.6 Å². The van der Waals surface area contributed by atoms with Crippen LogP contribution in [0.5, 0.6) is 0 Å². The Kier molecular flexibility index (Phi) is 3.62. The summed E-state index contributed by atoms with van der Waals surface area (Å²) < 4.78 is 0. The van der Waals surface area contributed by atoms with Crippen LogP contribution in [-0.4, -0.2) is 25.7 Å². The maximum atomic E-state index is 3.70. The highest BCUT2D eigenvalue weighted by molar-refractivity contribution is 4.77. The van der Waals surface area contributed by atoms with Crippen molar-refractivity contribution in [3.8, 4) is 0 Å². The molecule has 0 unspecified atom stereocenters. The zero-order valence-electron chi connectivity index (χ0n) is 8.52. The summed E-state index contributed by atoms with van der Waals surface area (Å²) in [6.45, 7) is 3.68. The Morgan fingerprint density at radius 2 is 1.92 bits per heavy atom. The molecule has 0 aromatic rings. The van der Waals surface area contributed by atoms with Crippen LogP contribution in [0.1, 0.15) is 38.5 Å². The quantitative estimate of drug-likeness (QED) is 0.691. The van der Waals surface area contributed by atoms with Gasteiger partial charge in [-0.1, -0.05) is 12.8 Å². The Hall–Kier alpha value is -0.0800. The number of hydrogen-bond donors (Lipinski definition) is 2. The molecule has 2 rings (SSSR count). The van der Waals surface area contributed by atoms with Gasteiger partial charge in [0, 0.05) is 12.6 Å². The second kappa shape index (κ2) is 4.97. The first-order valence-corrected chi connectivity index (χ1v) is 5.89. The van der Waals surface area contributed by atoms with Crippen molar-refractivity contribution in [1.82, 2.24) is 10.6 Å². The van der Waals surface area contributed by atoms with E-state index in [0.717, 1.165) is 12.0 Å². The lowest BCUT2D eigenvalue weighted by Crippen LogP contribution is -2.44. The van der Waals surface area contributed by atoms with Crippen molar-refractivity contribution in [3.05, 3.63) is 0 Å². The van der Waals surface area contributed by atoms with E-state index >= 15 is 0 Å². The second-order valence-corrected chi connectivity index (χ2v) is 4.60. The van der Waals surface area contributed by atoms with Crippen molar-refractivity contribution < 1.29 is 0 Å². The average molecular weight is 182 g/mol. The molecule has 1 aliphatic carbocycles. The predicted molar refractivity (Wildman–Crippen MR) is 55.9 cm³/mol. The van der Waals surface area contributed by atoms with Gasteiger partial charge in [0.2, 0.25) is 0 Å². The minimum absolute atomic E-state index is 0.759. The molecule has 13 heavy (non-hydrogen) atoms. The van der Waals surface area contributed by atoms with E-state index in [-0.39, 0.29) is 0 Å². The van der Waals surface area contributed by atoms with Crippen molar-refractivity contribution in [2.45, 2.75) is 44.6 Å². The van der Waals surface area contributed by atoms with Crippen LogP contribution in [0.15, 0.2) is 0 Å². The molecule has 2 heteroatoms. The Morgan fingerprint density at radius 1 is 1.08 bits per heavy atom. The van der Waals surface area contributed by atoms with Crippen LogP contribution in [0.3, 0.4) is 0 Å². The van der Waals surface area contributed by atoms with Gasteiger partial charge in [-0.3, -0.25) is 0 Å². The second-order valence-electron chi connectivity index (χ2n) is 4.60. The monoisotopic (exact) mass is 182 g/mol. The van der Waals surface area contributed by atoms with Crippen LogP contribution in [0, 0.1) is 5.92 Å². The number of hydrogen-bond acceptors (Lipinski definition) is 2. The fraction of sp³-hybridized carbons (Fsp3) is 1.00. The van der Waals surface area contributed by atoms with Gasteiger partial charge in [0.25, 0.3) is 0 Å². The Labute approximate surface area is 81.5 Å². The molecule has 1 saturated carbocycles. The SMILES string of the molecule is C1CCC(CN[C@@H]2CCCNC2)C1. The summed E-state index contributed by atoms with van der Waals surface area (Å²) in [6, 6.07) is 0.759. The molecule has 1 aliphatic heterocycles. The topological polar surface area (TPSA) is 24.1 Å². The van der Waals surface area contributed by atoms with Crippen molar-refractivity contribution >= 4 is 0 Å². The minimum Gasteiger partial charge on any atom is -0.315 e. The molecule has 0 radical (unpaired) electrons. The van der Waals surface area contributed by atoms with Crippen LogP contribution >= 0.6 is 0 Å². The Balaban J connectivity index is 1.60. The van der Waals surface area contributed by atoms with Crippen LogP contribution in [-0.2, 0) is 0 Å². The molecular formula is C11H22N2. The van der Waals surface area contributed by atoms with Crippen molar-refractivity contribution in [1.29, 1.82) is 0 Å². The lowest BCUT2D eigenvalue weighted by Gasteiger charge is -2.25. The third kappa shape index (κ3) is 2.96. The van der Waals surface area contributed by atoms with Crippen molar-refractivity contribution in [2.24, 2.45) is 5.92 Å². The smallest absolute Gasteiger partial charge is 0.0193 e. The lowest BCUT2D eigenvalue weighted by atomic mass is 10.0. The van der Waals surface area contributed by atoms with E-state index in [2.05, 4.69) is 10.6 Å². The number of nitrogens with one attached hydrogen (secondary N) is 2. The van der Waals surface area contributed by atoms with E-state index in [1.54, 1.807) is 0 Å². The van der Waals surface area contributed by atoms with Gasteiger partial charge in [-0.05, 0) is 44.7 Å². The molecule has 1 heterocycles. The zero-order chi connectivity index (χ0) is 8.93. The summed E-state index contributed by atoms with van der Waals surface area (Å²) >= 11 is 0. The molecule has 0 bridgehead atoms. The summed E-state index contributed by atoms with van der Waals surface area (Å²) in [6.07, 6.45) is 8.59. The highest BCUT2D eigenvalue weighted by atomic mass is 15.0. The third-order valence-corrected chi connectivity index (χ3v) is 3.47. The van der Waals surface area contributed by atoms with E-state index < -0.39 is 0 Å². The van der Waals surface area contributed by atoms with Crippen molar-refractivity contribution in [3.63, 3.8) is 0 Å². The molecule has 2 nitrogen and oxygen atoms in total. The minimum atomic E-state index is 0.759. The molecule has 2 N–H and O–H groups in total. The molecule has 0 amide bonds. The Bertz CT molecular complexity index is 135. The molecule has 0 aromatic carbocycles. The van der Waals surface area contributed by atoms with Crippen LogP contribution < -0.4 is 10.6 Å². The third-order valence-electron chi connectivity index (χ3n) is 3.47. The molecule has 1 saturated heterocycles. The molecule has 2 aliphatic rings. The normalized spacial score (nSPS) is 30.9. The van der Waals surface area contributed by atoms with Gasteiger partial charge in [0.1, 0.15) is 0 Å². The summed E-state index contributed by atoms with van der Waals surface area (Å²) in [5.74, 6) is 0.988. The summed E-state index contributed by atoms with van der Waals surface area (Å²) in [5, 5.41) is 7.15. The summed E-state index contributed by atoms with van der Waals surface area (Å²) in [7, 11) is 0. The fourth-order valence-corrected chi connectivity index (χ4v) is 2.57. The standard InChI is InChI=1S/C11H22N2/c1-2-5-10(4-1)8-13-11-6-3-7-12-9-11/h10-13H,1-9H2/t11-/m1/s1. The van der Waals surface area contributed by atoms with Gasteiger partial charge in [0.05, 0.1) is 0 Å². The largest absolute Gasteiger partial charge is 0.315 e. The first-order chi connectivity index (χ1) is 6.45. The first kappa shape index (κ1) is 9.47. The molecule has 0 aromatic heterocycles. The number of rotatable bonds is 3. The van der Waals surface area contributed by atoms with E-state index in [4.69, 9.17) is 0 Å². The molecule has 76 valence electrons. The zero-order valence-corrected chi connectivity index (χ0v) is 8.52. The van der Waals surface area contributed by atoms with Gasteiger partial charge >= 0.3 is 0 Å². The Morgan fingerprint density at radius 3 is 2.62 bits per heavy atom. The summed E-state index contributed by atoms with van der Waals surface area (Å²) in [4.78, 5) is 0. The van der Waals surface area contributed by atoms with E-state index in [1.165, 1.54) is 58.2 Å². The maximum Gasteiger partial charge on any atom is 0.0193 e. The van der Waals surface area contributed by atoms with E-state index in [1.807, 2.05) is 0 Å². The molecular weight excluding hydrogens is 160 g/mol. The summed E-state index contributed by atoms with van der Waals surface area (Å²) in [5.41, 5.74) is 0. The van der Waals surface area contributed by atoms with Crippen LogP contribution in [0.2, 0.25) is 0 Å². The highest BCUT2D eigenvalue weighted by Gasteiger charge is 2.17. The maximum absolute atomic E-state index is 3.70. The van der Waals surface area contributed by atoms with Gasteiger partial charge in [-0.2, -0.15) is 0 Å². The van der Waals surface area contributed by atoms with Crippen LogP contribution in [0.25, 0.3) is 0 Å². The lowest BCUT2D eigenvalue weighted by molar-refractivity contribution is 0.361. The van der Waals surface area contributed by atoms with E-state index in [9.17, 15) is 0 Å². The molecule has 1 atom stereocenters. The number of piperidine rings is 1. The van der Waals surface area contributed by atoms with Gasteiger partial charge in [-0.25, -0.2) is 0 Å². The highest BCUT2D eigenvalue weighted by Crippen LogP contribution is 2.23. The van der Waals surface area contributed by atoms with Crippen molar-refractivity contribution in [2.75, 3.05) is 19.6 Å². The fourth-order valence-electron chi connectivity index (χ4n) is 2.57. The first-order valence-electron chi connectivity index (χ1n) is 5.89.